The molecule has 10 heteroatoms. The van der Waals surface area contributed by atoms with Crippen LogP contribution in [-0.2, 0) is 9.53 Å². The van der Waals surface area contributed by atoms with Crippen molar-refractivity contribution in [2.75, 3.05) is 39.6 Å². The Hall–Kier alpha value is -2.11. The fraction of sp³-hybridized carbons (Fsp3) is 0.350. The van der Waals surface area contributed by atoms with Gasteiger partial charge >= 0.3 is 5.97 Å². The lowest BCUT2D eigenvalue weighted by molar-refractivity contribution is -0.870. The standard InChI is InChI=1S/C20H25ClN3O5.HI/c1-14(20(25)28-12-11-24(2,3)4)29-17-8-6-16(7-9-17)22-18-10-5-15(21)13-19(18)23(26)27;/h5-10,13-14,22H,11-12H2,1-4H3;1H/q+1;/p-1. The Morgan fingerprint density at radius 2 is 1.83 bits per heavy atom. The molecule has 0 heterocycles. The van der Waals surface area contributed by atoms with Gasteiger partial charge < -0.3 is 43.3 Å². The number of quaternary nitrogens is 1. The highest BCUT2D eigenvalue weighted by Gasteiger charge is 2.18. The highest BCUT2D eigenvalue weighted by Crippen LogP contribution is 2.31. The Bertz CT molecular complexity index is 872. The van der Waals surface area contributed by atoms with Gasteiger partial charge in [-0.2, -0.15) is 0 Å². The highest BCUT2D eigenvalue weighted by molar-refractivity contribution is 6.30. The van der Waals surface area contributed by atoms with Crippen LogP contribution in [-0.4, -0.2) is 55.8 Å². The molecule has 2 aromatic rings. The van der Waals surface area contributed by atoms with Gasteiger partial charge in [0.1, 0.15) is 24.6 Å². The van der Waals surface area contributed by atoms with Gasteiger partial charge in [-0.05, 0) is 43.3 Å². The molecule has 0 fully saturated rings. The van der Waals surface area contributed by atoms with Gasteiger partial charge in [-0.15, -0.1) is 0 Å². The minimum Gasteiger partial charge on any atom is -1.00 e. The van der Waals surface area contributed by atoms with Crippen LogP contribution in [0.1, 0.15) is 6.92 Å². The number of esters is 1. The summed E-state index contributed by atoms with van der Waals surface area (Å²) in [5.74, 6) is 0.0506. The molecular formula is C20H25ClIN3O5. The Balaban J connectivity index is 0.00000450. The van der Waals surface area contributed by atoms with Gasteiger partial charge in [0, 0.05) is 16.8 Å². The fourth-order valence-corrected chi connectivity index (χ4v) is 2.49. The van der Waals surface area contributed by atoms with Gasteiger partial charge in [-0.3, -0.25) is 10.1 Å². The lowest BCUT2D eigenvalue weighted by Gasteiger charge is -2.23. The lowest BCUT2D eigenvalue weighted by atomic mass is 10.2. The van der Waals surface area contributed by atoms with E-state index in [1.54, 1.807) is 43.3 Å². The average molecular weight is 550 g/mol. The molecule has 30 heavy (non-hydrogen) atoms. The summed E-state index contributed by atoms with van der Waals surface area (Å²) in [5, 5.41) is 14.4. The van der Waals surface area contributed by atoms with Crippen molar-refractivity contribution in [2.24, 2.45) is 0 Å². The van der Waals surface area contributed by atoms with Crippen molar-refractivity contribution in [3.63, 3.8) is 0 Å². The molecule has 0 aliphatic carbocycles. The average Bonchev–Trinajstić information content (AvgIpc) is 2.63. The van der Waals surface area contributed by atoms with Crippen molar-refractivity contribution < 1.29 is 47.7 Å². The number of carbonyl (C=O) groups excluding carboxylic acids is 1. The zero-order chi connectivity index (χ0) is 21.6. The van der Waals surface area contributed by atoms with E-state index in [2.05, 4.69) is 5.32 Å². The first-order valence-corrected chi connectivity index (χ1v) is 9.38. The fourth-order valence-electron chi connectivity index (χ4n) is 2.32. The quantitative estimate of drug-likeness (QED) is 0.165. The number of nitro groups is 1. The van der Waals surface area contributed by atoms with Gasteiger partial charge in [0.05, 0.1) is 26.1 Å². The van der Waals surface area contributed by atoms with Crippen LogP contribution in [0.25, 0.3) is 0 Å². The Kier molecular flexibility index (Phi) is 9.79. The molecule has 2 aromatic carbocycles. The summed E-state index contributed by atoms with van der Waals surface area (Å²) in [5.41, 5.74) is 0.825. The van der Waals surface area contributed by atoms with E-state index in [9.17, 15) is 14.9 Å². The minimum atomic E-state index is -0.751. The van der Waals surface area contributed by atoms with Gasteiger partial charge in [0.25, 0.3) is 5.69 Å². The van der Waals surface area contributed by atoms with Crippen LogP contribution in [0.15, 0.2) is 42.5 Å². The Morgan fingerprint density at radius 3 is 2.40 bits per heavy atom. The lowest BCUT2D eigenvalue weighted by Crippen LogP contribution is -3.00. The molecule has 164 valence electrons. The number of carbonyl (C=O) groups is 1. The number of benzene rings is 2. The molecule has 0 saturated carbocycles. The van der Waals surface area contributed by atoms with Crippen LogP contribution in [0, 0.1) is 10.1 Å². The zero-order valence-corrected chi connectivity index (χ0v) is 20.1. The predicted molar refractivity (Wildman–Crippen MR) is 112 cm³/mol. The van der Waals surface area contributed by atoms with E-state index in [0.717, 1.165) is 0 Å². The number of hydrogen-bond acceptors (Lipinski definition) is 6. The Morgan fingerprint density at radius 1 is 1.20 bits per heavy atom. The number of likely N-dealkylation sites (N-methyl/N-ethyl adjacent to an activating group) is 1. The summed E-state index contributed by atoms with van der Waals surface area (Å²) < 4.78 is 11.5. The van der Waals surface area contributed by atoms with E-state index in [1.165, 1.54) is 6.07 Å². The highest BCUT2D eigenvalue weighted by atomic mass is 127. The second kappa shape index (κ2) is 11.3. The summed E-state index contributed by atoms with van der Waals surface area (Å²) >= 11 is 5.83. The monoisotopic (exact) mass is 549 g/mol. The van der Waals surface area contributed by atoms with Crippen LogP contribution in [0.2, 0.25) is 5.02 Å². The number of anilines is 2. The SMILES string of the molecule is CC(Oc1ccc(Nc2ccc(Cl)cc2[N+](=O)[O-])cc1)C(=O)OCC[N+](C)(C)C.[I-]. The first-order valence-electron chi connectivity index (χ1n) is 9.00. The van der Waals surface area contributed by atoms with Crippen LogP contribution in [0.4, 0.5) is 17.1 Å². The van der Waals surface area contributed by atoms with Crippen LogP contribution >= 0.6 is 11.6 Å². The van der Waals surface area contributed by atoms with E-state index < -0.39 is 17.0 Å². The summed E-state index contributed by atoms with van der Waals surface area (Å²) in [6.07, 6.45) is -0.751. The molecule has 1 unspecified atom stereocenters. The second-order valence-electron chi connectivity index (χ2n) is 7.51. The molecule has 0 bridgehead atoms. The number of nitrogens with zero attached hydrogens (tertiary/aromatic N) is 2. The largest absolute Gasteiger partial charge is 1.00 e. The van der Waals surface area contributed by atoms with E-state index in [1.807, 2.05) is 21.1 Å². The molecule has 2 rings (SSSR count). The van der Waals surface area contributed by atoms with Crippen molar-refractivity contribution in [1.29, 1.82) is 0 Å². The maximum Gasteiger partial charge on any atom is 0.347 e. The first-order chi connectivity index (χ1) is 13.5. The number of nitrogens with one attached hydrogen (secondary N) is 1. The number of ether oxygens (including phenoxy) is 2. The molecule has 0 spiro atoms. The molecule has 8 nitrogen and oxygen atoms in total. The van der Waals surface area contributed by atoms with Gasteiger partial charge in [-0.1, -0.05) is 11.6 Å². The van der Waals surface area contributed by atoms with Gasteiger partial charge in [0.2, 0.25) is 0 Å². The molecule has 0 amide bonds. The van der Waals surface area contributed by atoms with Gasteiger partial charge in [0.15, 0.2) is 6.10 Å². The summed E-state index contributed by atoms with van der Waals surface area (Å²) in [6, 6.07) is 11.1. The van der Waals surface area contributed by atoms with Crippen molar-refractivity contribution in [3.05, 3.63) is 57.6 Å². The third kappa shape index (κ3) is 8.33. The summed E-state index contributed by atoms with van der Waals surface area (Å²) in [4.78, 5) is 22.7. The summed E-state index contributed by atoms with van der Waals surface area (Å²) in [7, 11) is 6.05. The normalized spacial score (nSPS) is 11.8. The summed E-state index contributed by atoms with van der Waals surface area (Å²) in [6.45, 7) is 2.64. The predicted octanol–water partition coefficient (Wildman–Crippen LogP) is 1.01. The molecule has 0 aliphatic rings. The molecule has 0 aromatic heterocycles. The van der Waals surface area contributed by atoms with E-state index in [4.69, 9.17) is 21.1 Å². The van der Waals surface area contributed by atoms with Crippen LogP contribution in [0.5, 0.6) is 5.75 Å². The molecular weight excluding hydrogens is 525 g/mol. The van der Waals surface area contributed by atoms with Crippen LogP contribution in [0.3, 0.4) is 0 Å². The number of hydrogen-bond donors (Lipinski definition) is 1. The third-order valence-corrected chi connectivity index (χ3v) is 4.18. The molecule has 1 atom stereocenters. The zero-order valence-electron chi connectivity index (χ0n) is 17.2. The number of halogens is 2. The van der Waals surface area contributed by atoms with Gasteiger partial charge in [-0.25, -0.2) is 4.79 Å². The first kappa shape index (κ1) is 25.9. The third-order valence-electron chi connectivity index (χ3n) is 3.94. The maximum absolute atomic E-state index is 12.0. The second-order valence-corrected chi connectivity index (χ2v) is 7.95. The topological polar surface area (TPSA) is 90.7 Å². The van der Waals surface area contributed by atoms with Crippen molar-refractivity contribution in [3.8, 4) is 5.75 Å². The van der Waals surface area contributed by atoms with Crippen molar-refractivity contribution >= 4 is 34.6 Å². The number of rotatable bonds is 9. The molecule has 0 aliphatic heterocycles. The molecule has 0 radical (unpaired) electrons. The maximum atomic E-state index is 12.0. The molecule has 1 N–H and O–H groups in total. The van der Waals surface area contributed by atoms with E-state index in [0.29, 0.717) is 34.8 Å². The number of nitro benzene ring substituents is 1. The minimum absolute atomic E-state index is 0. The van der Waals surface area contributed by atoms with Crippen LogP contribution < -0.4 is 34.0 Å². The molecule has 0 saturated heterocycles. The smallest absolute Gasteiger partial charge is 0.347 e. The van der Waals surface area contributed by atoms with Crippen molar-refractivity contribution in [2.45, 2.75) is 13.0 Å². The van der Waals surface area contributed by atoms with E-state index >= 15 is 0 Å². The van der Waals surface area contributed by atoms with Crippen molar-refractivity contribution in [1.82, 2.24) is 0 Å². The Labute approximate surface area is 197 Å². The van der Waals surface area contributed by atoms with E-state index in [-0.39, 0.29) is 34.7 Å².